The maximum atomic E-state index is 12.3. The maximum Gasteiger partial charge on any atom is 0.223 e. The fourth-order valence-electron chi connectivity index (χ4n) is 3.30. The van der Waals surface area contributed by atoms with E-state index in [1.807, 2.05) is 13.0 Å². The Morgan fingerprint density at radius 1 is 1.38 bits per heavy atom. The average Bonchev–Trinajstić information content (AvgIpc) is 3.17. The van der Waals surface area contributed by atoms with Gasteiger partial charge in [0, 0.05) is 42.4 Å². The van der Waals surface area contributed by atoms with Gasteiger partial charge in [0.1, 0.15) is 0 Å². The highest BCUT2D eigenvalue weighted by molar-refractivity contribution is 5.99. The number of hydrogen-bond donors (Lipinski definition) is 1. The van der Waals surface area contributed by atoms with Crippen molar-refractivity contribution >= 4 is 11.7 Å². The van der Waals surface area contributed by atoms with Crippen LogP contribution in [0.4, 0.5) is 0 Å². The molecule has 0 aliphatic heterocycles. The van der Waals surface area contributed by atoms with Crippen LogP contribution >= 0.6 is 0 Å². The molecule has 1 aromatic rings. The van der Waals surface area contributed by atoms with E-state index in [0.29, 0.717) is 13.0 Å². The van der Waals surface area contributed by atoms with Crippen LogP contribution in [-0.2, 0) is 17.8 Å². The van der Waals surface area contributed by atoms with E-state index < -0.39 is 0 Å². The SMILES string of the molecule is Cc1cc2c(n1CCNC(=O)C1CC1)CC(C)(C)CC2=O. The molecule has 0 bridgehead atoms. The van der Waals surface area contributed by atoms with Crippen molar-refractivity contribution in [1.82, 2.24) is 9.88 Å². The van der Waals surface area contributed by atoms with Crippen LogP contribution in [0.3, 0.4) is 0 Å². The van der Waals surface area contributed by atoms with Gasteiger partial charge < -0.3 is 9.88 Å². The van der Waals surface area contributed by atoms with Crippen LogP contribution in [0.5, 0.6) is 0 Å². The molecule has 0 spiro atoms. The molecule has 21 heavy (non-hydrogen) atoms. The first-order chi connectivity index (χ1) is 9.87. The van der Waals surface area contributed by atoms with Gasteiger partial charge in [-0.05, 0) is 37.7 Å². The van der Waals surface area contributed by atoms with E-state index in [4.69, 9.17) is 0 Å². The predicted molar refractivity (Wildman–Crippen MR) is 81.3 cm³/mol. The fourth-order valence-corrected chi connectivity index (χ4v) is 3.30. The van der Waals surface area contributed by atoms with Gasteiger partial charge in [0.2, 0.25) is 5.91 Å². The molecule has 1 amide bonds. The third-order valence-electron chi connectivity index (χ3n) is 4.58. The molecule has 1 aromatic heterocycles. The minimum atomic E-state index is 0.0316. The highest BCUT2D eigenvalue weighted by Crippen LogP contribution is 2.36. The quantitative estimate of drug-likeness (QED) is 0.925. The number of ketones is 1. The highest BCUT2D eigenvalue weighted by Gasteiger charge is 2.34. The van der Waals surface area contributed by atoms with E-state index in [9.17, 15) is 9.59 Å². The Balaban J connectivity index is 1.73. The number of aromatic nitrogens is 1. The lowest BCUT2D eigenvalue weighted by molar-refractivity contribution is -0.122. The zero-order valence-electron chi connectivity index (χ0n) is 13.2. The van der Waals surface area contributed by atoms with Crippen LogP contribution in [-0.4, -0.2) is 22.8 Å². The van der Waals surface area contributed by atoms with Crippen LogP contribution in [0.2, 0.25) is 0 Å². The van der Waals surface area contributed by atoms with Gasteiger partial charge in [-0.3, -0.25) is 9.59 Å². The van der Waals surface area contributed by atoms with Crippen molar-refractivity contribution in [3.63, 3.8) is 0 Å². The molecule has 2 aliphatic carbocycles. The summed E-state index contributed by atoms with van der Waals surface area (Å²) in [6.07, 6.45) is 3.62. The molecule has 1 saturated carbocycles. The molecule has 0 radical (unpaired) electrons. The molecule has 1 N–H and O–H groups in total. The van der Waals surface area contributed by atoms with Crippen molar-refractivity contribution in [2.45, 2.75) is 53.0 Å². The van der Waals surface area contributed by atoms with E-state index >= 15 is 0 Å². The number of carbonyl (C=O) groups excluding carboxylic acids is 2. The normalized spacial score (nSPS) is 20.2. The molecule has 0 atom stereocenters. The number of aryl methyl sites for hydroxylation is 1. The number of rotatable bonds is 4. The Kier molecular flexibility index (Phi) is 3.42. The van der Waals surface area contributed by atoms with Crippen molar-refractivity contribution in [3.05, 3.63) is 23.0 Å². The van der Waals surface area contributed by atoms with Gasteiger partial charge in [-0.25, -0.2) is 0 Å². The number of nitrogens with zero attached hydrogens (tertiary/aromatic N) is 1. The lowest BCUT2D eigenvalue weighted by Crippen LogP contribution is -2.31. The van der Waals surface area contributed by atoms with Gasteiger partial charge in [0.15, 0.2) is 5.78 Å². The summed E-state index contributed by atoms with van der Waals surface area (Å²) >= 11 is 0. The molecule has 1 fully saturated rings. The Bertz CT molecular complexity index is 594. The van der Waals surface area contributed by atoms with Gasteiger partial charge in [-0.2, -0.15) is 0 Å². The summed E-state index contributed by atoms with van der Waals surface area (Å²) in [5, 5.41) is 3.00. The van der Waals surface area contributed by atoms with E-state index in [1.54, 1.807) is 0 Å². The van der Waals surface area contributed by atoms with Gasteiger partial charge >= 0.3 is 0 Å². The number of amides is 1. The third-order valence-corrected chi connectivity index (χ3v) is 4.58. The van der Waals surface area contributed by atoms with Crippen molar-refractivity contribution in [1.29, 1.82) is 0 Å². The Labute approximate surface area is 125 Å². The number of Topliss-reactive ketones (excluding diaryl/α,β-unsaturated/α-hetero) is 1. The fraction of sp³-hybridized carbons (Fsp3) is 0.647. The van der Waals surface area contributed by atoms with E-state index in [-0.39, 0.29) is 23.0 Å². The number of hydrogen-bond acceptors (Lipinski definition) is 2. The van der Waals surface area contributed by atoms with Crippen LogP contribution < -0.4 is 5.32 Å². The topological polar surface area (TPSA) is 51.1 Å². The molecule has 1 heterocycles. The monoisotopic (exact) mass is 288 g/mol. The molecule has 114 valence electrons. The first-order valence-electron chi connectivity index (χ1n) is 7.87. The van der Waals surface area contributed by atoms with Crippen molar-refractivity contribution in [2.24, 2.45) is 11.3 Å². The van der Waals surface area contributed by atoms with E-state index in [1.165, 1.54) is 0 Å². The minimum absolute atomic E-state index is 0.0316. The molecule has 3 rings (SSSR count). The minimum Gasteiger partial charge on any atom is -0.354 e. The van der Waals surface area contributed by atoms with Crippen molar-refractivity contribution in [2.75, 3.05) is 6.54 Å². The van der Waals surface area contributed by atoms with Gasteiger partial charge in [0.05, 0.1) is 0 Å². The Hall–Kier alpha value is -1.58. The number of carbonyl (C=O) groups is 2. The molecule has 2 aliphatic rings. The lowest BCUT2D eigenvalue weighted by Gasteiger charge is -2.30. The summed E-state index contributed by atoms with van der Waals surface area (Å²) in [5.41, 5.74) is 3.19. The zero-order chi connectivity index (χ0) is 15.2. The summed E-state index contributed by atoms with van der Waals surface area (Å²) in [6, 6.07) is 2.01. The number of nitrogens with one attached hydrogen (secondary N) is 1. The standard InChI is InChI=1S/C17H24N2O2/c1-11-8-13-14(9-17(2,3)10-15(13)20)19(11)7-6-18-16(21)12-4-5-12/h8,12H,4-7,9-10H2,1-3H3,(H,18,21). The second-order valence-electron chi connectivity index (χ2n) is 7.30. The second kappa shape index (κ2) is 5.00. The van der Waals surface area contributed by atoms with Gasteiger partial charge in [-0.1, -0.05) is 13.8 Å². The summed E-state index contributed by atoms with van der Waals surface area (Å²) in [6.45, 7) is 7.74. The summed E-state index contributed by atoms with van der Waals surface area (Å²) in [7, 11) is 0. The van der Waals surface area contributed by atoms with E-state index in [2.05, 4.69) is 23.7 Å². The Morgan fingerprint density at radius 3 is 2.76 bits per heavy atom. The summed E-state index contributed by atoms with van der Waals surface area (Å²) < 4.78 is 2.21. The summed E-state index contributed by atoms with van der Waals surface area (Å²) in [4.78, 5) is 24.0. The van der Waals surface area contributed by atoms with Crippen LogP contribution in [0.1, 0.15) is 54.9 Å². The largest absolute Gasteiger partial charge is 0.354 e. The van der Waals surface area contributed by atoms with Gasteiger partial charge in [-0.15, -0.1) is 0 Å². The van der Waals surface area contributed by atoms with E-state index in [0.717, 1.165) is 42.8 Å². The Morgan fingerprint density at radius 2 is 2.10 bits per heavy atom. The molecule has 0 unspecified atom stereocenters. The maximum absolute atomic E-state index is 12.3. The molecule has 4 heteroatoms. The predicted octanol–water partition coefficient (Wildman–Crippen LogP) is 2.48. The molecule has 0 saturated heterocycles. The average molecular weight is 288 g/mol. The van der Waals surface area contributed by atoms with Crippen molar-refractivity contribution in [3.8, 4) is 0 Å². The van der Waals surface area contributed by atoms with Crippen molar-refractivity contribution < 1.29 is 9.59 Å². The molecule has 4 nitrogen and oxygen atoms in total. The van der Waals surface area contributed by atoms with Crippen LogP contribution in [0.15, 0.2) is 6.07 Å². The molecular formula is C17H24N2O2. The van der Waals surface area contributed by atoms with Crippen LogP contribution in [0.25, 0.3) is 0 Å². The lowest BCUT2D eigenvalue weighted by atomic mass is 9.76. The van der Waals surface area contributed by atoms with Gasteiger partial charge in [0.25, 0.3) is 0 Å². The van der Waals surface area contributed by atoms with Crippen LogP contribution in [0, 0.1) is 18.3 Å². The smallest absolute Gasteiger partial charge is 0.223 e. The first kappa shape index (κ1) is 14.4. The first-order valence-corrected chi connectivity index (χ1v) is 7.87. The zero-order valence-corrected chi connectivity index (χ0v) is 13.2. The number of fused-ring (bicyclic) bond motifs is 1. The highest BCUT2D eigenvalue weighted by atomic mass is 16.2. The second-order valence-corrected chi connectivity index (χ2v) is 7.30. The molecular weight excluding hydrogens is 264 g/mol. The summed E-state index contributed by atoms with van der Waals surface area (Å²) in [5.74, 6) is 0.695. The molecule has 0 aromatic carbocycles. The third kappa shape index (κ3) is 2.89.